The molecule has 8 nitrogen and oxygen atoms in total. The van der Waals surface area contributed by atoms with Gasteiger partial charge in [-0.3, -0.25) is 0 Å². The summed E-state index contributed by atoms with van der Waals surface area (Å²) in [6.45, 7) is 16.6. The number of rotatable bonds is 20. The van der Waals surface area contributed by atoms with Crippen molar-refractivity contribution in [2.75, 3.05) is 52.7 Å². The van der Waals surface area contributed by atoms with E-state index in [-0.39, 0.29) is 0 Å². The van der Waals surface area contributed by atoms with Crippen LogP contribution in [0.4, 0.5) is 0 Å². The highest BCUT2D eigenvalue weighted by molar-refractivity contribution is 7.89. The average Bonchev–Trinajstić information content (AvgIpc) is 2.75. The third-order valence-electron chi connectivity index (χ3n) is 4.28. The molecule has 0 spiro atoms. The molecule has 0 aromatic carbocycles. The summed E-state index contributed by atoms with van der Waals surface area (Å²) in [6, 6.07) is 1.47. The van der Waals surface area contributed by atoms with Crippen LogP contribution in [0.3, 0.4) is 0 Å². The van der Waals surface area contributed by atoms with Gasteiger partial charge in [-0.1, -0.05) is 24.4 Å². The summed E-state index contributed by atoms with van der Waals surface area (Å²) in [5.74, 6) is 0. The third kappa shape index (κ3) is 13.0. The highest BCUT2D eigenvalue weighted by Gasteiger charge is 2.40. The SMILES string of the molecule is CCO[Si](CCCNC(=S)C(=S)NCCC[Si](OCC)(OCC)OCC)(OCC)OCC. The lowest BCUT2D eigenvalue weighted by Gasteiger charge is -2.28. The monoisotopic (exact) mass is 528 g/mol. The Morgan fingerprint density at radius 3 is 1.00 bits per heavy atom. The lowest BCUT2D eigenvalue weighted by molar-refractivity contribution is 0.0701. The van der Waals surface area contributed by atoms with Crippen molar-refractivity contribution in [2.24, 2.45) is 0 Å². The molecule has 0 aliphatic heterocycles. The third-order valence-corrected chi connectivity index (χ3v) is 11.4. The Morgan fingerprint density at radius 1 is 0.531 bits per heavy atom. The summed E-state index contributed by atoms with van der Waals surface area (Å²) >= 11 is 10.8. The molecule has 0 atom stereocenters. The van der Waals surface area contributed by atoms with Gasteiger partial charge in [0.1, 0.15) is 9.98 Å². The predicted octanol–water partition coefficient (Wildman–Crippen LogP) is 3.70. The van der Waals surface area contributed by atoms with E-state index in [2.05, 4.69) is 10.6 Å². The van der Waals surface area contributed by atoms with Gasteiger partial charge in [0.15, 0.2) is 0 Å². The standard InChI is InChI=1S/C20H44N2O6S2Si2/c1-7-23-31(24-8-2,25-9-3)17-13-15-21-19(29)20(30)22-16-14-18-32(26-10-4,27-11-5)28-12-6/h7-18H2,1-6H3,(H,21,29)(H,22,30). The van der Waals surface area contributed by atoms with Crippen molar-refractivity contribution in [3.8, 4) is 0 Å². The van der Waals surface area contributed by atoms with Gasteiger partial charge in [0.2, 0.25) is 0 Å². The molecule has 32 heavy (non-hydrogen) atoms. The number of nitrogens with one attached hydrogen (secondary N) is 2. The van der Waals surface area contributed by atoms with Gasteiger partial charge < -0.3 is 37.2 Å². The minimum atomic E-state index is -2.62. The zero-order chi connectivity index (χ0) is 24.3. The van der Waals surface area contributed by atoms with Gasteiger partial charge in [-0.25, -0.2) is 0 Å². The van der Waals surface area contributed by atoms with E-state index in [4.69, 9.17) is 51.0 Å². The van der Waals surface area contributed by atoms with Crippen molar-refractivity contribution in [3.63, 3.8) is 0 Å². The molecular formula is C20H44N2O6S2Si2. The molecule has 0 bridgehead atoms. The molecule has 0 aliphatic carbocycles. The van der Waals surface area contributed by atoms with Gasteiger partial charge in [-0.15, -0.1) is 0 Å². The van der Waals surface area contributed by atoms with Crippen molar-refractivity contribution in [1.82, 2.24) is 10.6 Å². The Hall–Kier alpha value is -0.0262. The summed E-state index contributed by atoms with van der Waals surface area (Å²) in [5, 5.41) is 6.43. The van der Waals surface area contributed by atoms with Gasteiger partial charge in [0.25, 0.3) is 0 Å². The van der Waals surface area contributed by atoms with E-state index in [9.17, 15) is 0 Å². The molecule has 0 aromatic rings. The van der Waals surface area contributed by atoms with E-state index in [1.165, 1.54) is 0 Å². The summed E-state index contributed by atoms with van der Waals surface area (Å²) in [7, 11) is -5.25. The van der Waals surface area contributed by atoms with E-state index in [0.717, 1.165) is 24.9 Å². The summed E-state index contributed by atoms with van der Waals surface area (Å²) in [6.07, 6.45) is 1.64. The van der Waals surface area contributed by atoms with Gasteiger partial charge >= 0.3 is 17.6 Å². The highest BCUT2D eigenvalue weighted by atomic mass is 32.1. The fourth-order valence-electron chi connectivity index (χ4n) is 3.18. The lowest BCUT2D eigenvalue weighted by atomic mass is 10.4. The van der Waals surface area contributed by atoms with E-state index in [1.54, 1.807) is 0 Å². The van der Waals surface area contributed by atoms with Crippen molar-refractivity contribution < 1.29 is 26.6 Å². The largest absolute Gasteiger partial charge is 0.500 e. The molecule has 12 heteroatoms. The molecule has 0 unspecified atom stereocenters. The second-order valence-corrected chi connectivity index (χ2v) is 13.0. The number of hydrogen-bond donors (Lipinski definition) is 2. The van der Waals surface area contributed by atoms with Gasteiger partial charge in [-0.05, 0) is 54.4 Å². The molecule has 0 rings (SSSR count). The van der Waals surface area contributed by atoms with Crippen LogP contribution in [0.1, 0.15) is 54.4 Å². The second kappa shape index (κ2) is 19.3. The van der Waals surface area contributed by atoms with Crippen LogP contribution in [0.15, 0.2) is 0 Å². The van der Waals surface area contributed by atoms with Crippen LogP contribution >= 0.6 is 24.4 Å². The second-order valence-electron chi connectivity index (χ2n) is 6.68. The molecule has 0 saturated heterocycles. The van der Waals surface area contributed by atoms with Gasteiger partial charge in [-0.2, -0.15) is 0 Å². The molecule has 0 heterocycles. The molecule has 0 radical (unpaired) electrons. The first-order valence-corrected chi connectivity index (χ1v) is 16.5. The molecule has 0 amide bonds. The van der Waals surface area contributed by atoms with E-state index in [1.807, 2.05) is 41.5 Å². The maximum Gasteiger partial charge on any atom is 0.500 e. The fourth-order valence-corrected chi connectivity index (χ4v) is 8.75. The normalized spacial score (nSPS) is 12.1. The van der Waals surface area contributed by atoms with Crippen molar-refractivity contribution in [2.45, 2.75) is 66.5 Å². The Kier molecular flexibility index (Phi) is 19.3. The molecule has 2 N–H and O–H groups in total. The Morgan fingerprint density at radius 2 is 0.781 bits per heavy atom. The van der Waals surface area contributed by atoms with Gasteiger partial charge in [0, 0.05) is 64.8 Å². The first kappa shape index (κ1) is 32.0. The summed E-state index contributed by atoms with van der Waals surface area (Å²) in [4.78, 5) is 1.08. The van der Waals surface area contributed by atoms with Crippen LogP contribution in [0.5, 0.6) is 0 Å². The predicted molar refractivity (Wildman–Crippen MR) is 141 cm³/mol. The number of thiocarbonyl (C=S) groups is 2. The summed E-state index contributed by atoms with van der Waals surface area (Å²) in [5.41, 5.74) is 0. The van der Waals surface area contributed by atoms with Crippen LogP contribution in [0, 0.1) is 0 Å². The topological polar surface area (TPSA) is 79.4 Å². The quantitative estimate of drug-likeness (QED) is 0.139. The van der Waals surface area contributed by atoms with Crippen molar-refractivity contribution in [1.29, 1.82) is 0 Å². The molecule has 0 fully saturated rings. The first-order valence-electron chi connectivity index (χ1n) is 11.8. The van der Waals surface area contributed by atoms with E-state index in [0.29, 0.717) is 62.7 Å². The zero-order valence-electron chi connectivity index (χ0n) is 20.8. The minimum Gasteiger partial charge on any atom is -0.374 e. The zero-order valence-corrected chi connectivity index (χ0v) is 24.4. The molecule has 0 saturated carbocycles. The maximum absolute atomic E-state index is 5.88. The minimum absolute atomic E-state index is 0.541. The van der Waals surface area contributed by atoms with Crippen molar-refractivity contribution in [3.05, 3.63) is 0 Å². The lowest BCUT2D eigenvalue weighted by Crippen LogP contribution is -2.47. The van der Waals surface area contributed by atoms with Crippen LogP contribution in [-0.4, -0.2) is 80.3 Å². The molecular weight excluding hydrogens is 485 g/mol. The molecule has 190 valence electrons. The first-order chi connectivity index (χ1) is 15.4. The van der Waals surface area contributed by atoms with E-state index >= 15 is 0 Å². The Balaban J connectivity index is 4.39. The molecule has 0 aliphatic rings. The Bertz CT molecular complexity index is 442. The fraction of sp³-hybridized carbons (Fsp3) is 0.900. The number of hydrogen-bond acceptors (Lipinski definition) is 8. The average molecular weight is 529 g/mol. The van der Waals surface area contributed by atoms with E-state index < -0.39 is 17.6 Å². The highest BCUT2D eigenvalue weighted by Crippen LogP contribution is 2.18. The summed E-state index contributed by atoms with van der Waals surface area (Å²) < 4.78 is 35.3. The van der Waals surface area contributed by atoms with Gasteiger partial charge in [0.05, 0.1) is 0 Å². The maximum atomic E-state index is 5.88. The molecule has 0 aromatic heterocycles. The van der Waals surface area contributed by atoms with Crippen LogP contribution in [0.2, 0.25) is 12.1 Å². The van der Waals surface area contributed by atoms with Crippen LogP contribution in [-0.2, 0) is 26.6 Å². The smallest absolute Gasteiger partial charge is 0.374 e. The van der Waals surface area contributed by atoms with Crippen LogP contribution < -0.4 is 10.6 Å². The van der Waals surface area contributed by atoms with Crippen LogP contribution in [0.25, 0.3) is 0 Å². The van der Waals surface area contributed by atoms with Crippen molar-refractivity contribution >= 4 is 52.0 Å². The Labute approximate surface area is 208 Å².